The van der Waals surface area contributed by atoms with Crippen molar-refractivity contribution in [2.45, 2.75) is 6.04 Å². The smallest absolute Gasteiger partial charge is 0.327 e. The van der Waals surface area contributed by atoms with Gasteiger partial charge in [-0.05, 0) is 7.05 Å². The van der Waals surface area contributed by atoms with E-state index in [1.54, 1.807) is 7.05 Å². The molecule has 0 radical (unpaired) electrons. The molecule has 0 saturated carbocycles. The number of ether oxygens (including phenoxy) is 1. The standard InChI is InChI=1S/C5H8FNO2/c1-7-3-9-5(8)4(7)2-6/h4H,2-3H2,1H3. The third-order valence-electron chi connectivity index (χ3n) is 1.36. The van der Waals surface area contributed by atoms with Crippen molar-refractivity contribution in [2.75, 3.05) is 20.5 Å². The Balaban J connectivity index is 2.55. The second-order valence-electron chi connectivity index (χ2n) is 2.02. The number of alkyl halides is 1. The monoisotopic (exact) mass is 133 g/mol. The van der Waals surface area contributed by atoms with Gasteiger partial charge in [-0.1, -0.05) is 0 Å². The zero-order valence-corrected chi connectivity index (χ0v) is 5.13. The first kappa shape index (κ1) is 6.48. The minimum Gasteiger partial charge on any atom is -0.448 e. The fourth-order valence-corrected chi connectivity index (χ4v) is 0.712. The maximum Gasteiger partial charge on any atom is 0.327 e. The Bertz CT molecular complexity index is 128. The van der Waals surface area contributed by atoms with E-state index in [0.29, 0.717) is 0 Å². The van der Waals surface area contributed by atoms with Crippen LogP contribution in [0.5, 0.6) is 0 Å². The molecule has 0 bridgehead atoms. The summed E-state index contributed by atoms with van der Waals surface area (Å²) in [5.74, 6) is -0.458. The number of hydrogen-bond donors (Lipinski definition) is 0. The van der Waals surface area contributed by atoms with Crippen LogP contribution in [-0.4, -0.2) is 37.4 Å². The van der Waals surface area contributed by atoms with Crippen molar-refractivity contribution in [3.05, 3.63) is 0 Å². The SMILES string of the molecule is CN1COC(=O)C1CF. The molecule has 1 fully saturated rings. The van der Waals surface area contributed by atoms with Crippen LogP contribution in [0.2, 0.25) is 0 Å². The van der Waals surface area contributed by atoms with Crippen LogP contribution in [0.25, 0.3) is 0 Å². The zero-order valence-electron chi connectivity index (χ0n) is 5.13. The molecule has 0 aromatic heterocycles. The summed E-state index contributed by atoms with van der Waals surface area (Å²) in [7, 11) is 1.65. The lowest BCUT2D eigenvalue weighted by atomic mass is 10.3. The fourth-order valence-electron chi connectivity index (χ4n) is 0.712. The van der Waals surface area contributed by atoms with Gasteiger partial charge >= 0.3 is 5.97 Å². The number of likely N-dealkylation sites (N-methyl/N-ethyl adjacent to an activating group) is 1. The van der Waals surface area contributed by atoms with E-state index in [9.17, 15) is 9.18 Å². The Labute approximate surface area is 52.4 Å². The van der Waals surface area contributed by atoms with Crippen LogP contribution in [0.15, 0.2) is 0 Å². The molecule has 4 heteroatoms. The first-order valence-corrected chi connectivity index (χ1v) is 2.68. The third-order valence-corrected chi connectivity index (χ3v) is 1.36. The highest BCUT2D eigenvalue weighted by Gasteiger charge is 2.31. The van der Waals surface area contributed by atoms with E-state index >= 15 is 0 Å². The topological polar surface area (TPSA) is 29.5 Å². The van der Waals surface area contributed by atoms with Gasteiger partial charge < -0.3 is 4.74 Å². The van der Waals surface area contributed by atoms with Gasteiger partial charge in [-0.15, -0.1) is 0 Å². The van der Waals surface area contributed by atoms with Crippen LogP contribution < -0.4 is 0 Å². The van der Waals surface area contributed by atoms with Crippen molar-refractivity contribution in [1.82, 2.24) is 4.90 Å². The summed E-state index contributed by atoms with van der Waals surface area (Å²) >= 11 is 0. The van der Waals surface area contributed by atoms with Crippen molar-refractivity contribution in [2.24, 2.45) is 0 Å². The average Bonchev–Trinajstić information content (AvgIpc) is 2.12. The van der Waals surface area contributed by atoms with E-state index in [4.69, 9.17) is 0 Å². The first-order chi connectivity index (χ1) is 4.25. The fraction of sp³-hybridized carbons (Fsp3) is 0.800. The van der Waals surface area contributed by atoms with Crippen molar-refractivity contribution in [3.63, 3.8) is 0 Å². The van der Waals surface area contributed by atoms with Crippen molar-refractivity contribution < 1.29 is 13.9 Å². The van der Waals surface area contributed by atoms with Crippen molar-refractivity contribution in [1.29, 1.82) is 0 Å². The van der Waals surface area contributed by atoms with Gasteiger partial charge in [0.1, 0.15) is 19.4 Å². The normalized spacial score (nSPS) is 28.7. The van der Waals surface area contributed by atoms with Gasteiger partial charge in [-0.25, -0.2) is 4.39 Å². The second kappa shape index (κ2) is 2.31. The van der Waals surface area contributed by atoms with Crippen LogP contribution in [0.3, 0.4) is 0 Å². The number of hydrogen-bond acceptors (Lipinski definition) is 3. The Hall–Kier alpha value is -0.640. The summed E-state index contributed by atoms with van der Waals surface area (Å²) in [5.41, 5.74) is 0. The summed E-state index contributed by atoms with van der Waals surface area (Å²) in [6.07, 6.45) is 0. The second-order valence-corrected chi connectivity index (χ2v) is 2.02. The number of rotatable bonds is 1. The van der Waals surface area contributed by atoms with E-state index in [-0.39, 0.29) is 6.73 Å². The van der Waals surface area contributed by atoms with Gasteiger partial charge in [0.15, 0.2) is 0 Å². The highest BCUT2D eigenvalue weighted by molar-refractivity contribution is 5.77. The van der Waals surface area contributed by atoms with Gasteiger partial charge in [0.2, 0.25) is 0 Å². The molecule has 0 aliphatic carbocycles. The molecular formula is C5H8FNO2. The molecule has 1 heterocycles. The van der Waals surface area contributed by atoms with Gasteiger partial charge in [0.05, 0.1) is 0 Å². The van der Waals surface area contributed by atoms with Gasteiger partial charge in [-0.3, -0.25) is 9.69 Å². The zero-order chi connectivity index (χ0) is 6.85. The Morgan fingerprint density at radius 3 is 2.89 bits per heavy atom. The minimum absolute atomic E-state index is 0.216. The molecule has 1 aliphatic rings. The molecule has 0 N–H and O–H groups in total. The molecule has 1 aliphatic heterocycles. The van der Waals surface area contributed by atoms with Crippen LogP contribution >= 0.6 is 0 Å². The molecular weight excluding hydrogens is 125 g/mol. The maximum atomic E-state index is 11.9. The van der Waals surface area contributed by atoms with Gasteiger partial charge in [-0.2, -0.15) is 0 Å². The molecule has 0 spiro atoms. The number of carbonyl (C=O) groups is 1. The van der Waals surface area contributed by atoms with Crippen LogP contribution in [0.1, 0.15) is 0 Å². The molecule has 0 amide bonds. The lowest BCUT2D eigenvalue weighted by Gasteiger charge is -2.07. The van der Waals surface area contributed by atoms with E-state index in [1.807, 2.05) is 0 Å². The molecule has 1 saturated heterocycles. The summed E-state index contributed by atoms with van der Waals surface area (Å²) in [5, 5.41) is 0. The van der Waals surface area contributed by atoms with Crippen LogP contribution in [0, 0.1) is 0 Å². The van der Waals surface area contributed by atoms with Crippen LogP contribution in [-0.2, 0) is 9.53 Å². The molecule has 52 valence electrons. The Morgan fingerprint density at radius 1 is 2.00 bits per heavy atom. The van der Waals surface area contributed by atoms with Gasteiger partial charge in [0, 0.05) is 0 Å². The highest BCUT2D eigenvalue weighted by Crippen LogP contribution is 2.07. The molecule has 9 heavy (non-hydrogen) atoms. The predicted molar refractivity (Wildman–Crippen MR) is 28.5 cm³/mol. The number of cyclic esters (lactones) is 1. The number of esters is 1. The maximum absolute atomic E-state index is 11.9. The lowest BCUT2D eigenvalue weighted by molar-refractivity contribution is -0.139. The molecule has 3 nitrogen and oxygen atoms in total. The van der Waals surface area contributed by atoms with Crippen molar-refractivity contribution in [3.8, 4) is 0 Å². The molecule has 0 aromatic carbocycles. The quantitative estimate of drug-likeness (QED) is 0.463. The summed E-state index contributed by atoms with van der Waals surface area (Å²) in [6.45, 7) is -0.442. The minimum atomic E-state index is -0.662. The number of nitrogens with zero attached hydrogens (tertiary/aromatic N) is 1. The first-order valence-electron chi connectivity index (χ1n) is 2.68. The highest BCUT2D eigenvalue weighted by atomic mass is 19.1. The molecule has 1 rings (SSSR count). The molecule has 0 aromatic rings. The van der Waals surface area contributed by atoms with Crippen molar-refractivity contribution >= 4 is 5.97 Å². The van der Waals surface area contributed by atoms with E-state index in [0.717, 1.165) is 0 Å². The Kier molecular flexibility index (Phi) is 1.66. The van der Waals surface area contributed by atoms with E-state index < -0.39 is 18.7 Å². The predicted octanol–water partition coefficient (Wildman–Crippen LogP) is -0.229. The van der Waals surface area contributed by atoms with Gasteiger partial charge in [0.25, 0.3) is 0 Å². The largest absolute Gasteiger partial charge is 0.448 e. The molecule has 1 unspecified atom stereocenters. The summed E-state index contributed by atoms with van der Waals surface area (Å²) in [4.78, 5) is 12.0. The number of halogens is 1. The summed E-state index contributed by atoms with van der Waals surface area (Å²) in [6, 6.07) is -0.662. The molecule has 1 atom stereocenters. The third kappa shape index (κ3) is 1.03. The van der Waals surface area contributed by atoms with Crippen LogP contribution in [0.4, 0.5) is 4.39 Å². The average molecular weight is 133 g/mol. The number of carbonyl (C=O) groups excluding carboxylic acids is 1. The lowest BCUT2D eigenvalue weighted by Crippen LogP contribution is -2.31. The van der Waals surface area contributed by atoms with E-state index in [1.165, 1.54) is 4.90 Å². The summed E-state index contributed by atoms with van der Waals surface area (Å²) < 4.78 is 16.4. The van der Waals surface area contributed by atoms with E-state index in [2.05, 4.69) is 4.74 Å². The Morgan fingerprint density at radius 2 is 2.67 bits per heavy atom.